The summed E-state index contributed by atoms with van der Waals surface area (Å²) in [5.41, 5.74) is -0.428. The summed E-state index contributed by atoms with van der Waals surface area (Å²) in [6, 6.07) is 0. The third-order valence-electron chi connectivity index (χ3n) is 4.91. The first kappa shape index (κ1) is 14.3. The highest BCUT2D eigenvalue weighted by Crippen LogP contribution is 2.53. The Balaban J connectivity index is 2.50. The molecule has 19 heavy (non-hydrogen) atoms. The molecule has 1 aliphatic heterocycles. The van der Waals surface area contributed by atoms with Crippen LogP contribution in [0.5, 0.6) is 0 Å². The molecule has 0 saturated carbocycles. The van der Waals surface area contributed by atoms with Crippen LogP contribution in [0.4, 0.5) is 0 Å². The van der Waals surface area contributed by atoms with E-state index in [1.54, 1.807) is 0 Å². The second kappa shape index (κ2) is 4.76. The van der Waals surface area contributed by atoms with Crippen molar-refractivity contribution in [2.24, 2.45) is 10.8 Å². The van der Waals surface area contributed by atoms with Crippen LogP contribution in [-0.2, 0) is 9.53 Å². The SMILES string of the molecule is [C-]#[N+]C1=C[C@]2(CC)CC[C@@H](CC)O[C@H]2C(C)(C)C1=O. The van der Waals surface area contributed by atoms with E-state index in [0.29, 0.717) is 5.70 Å². The fourth-order valence-corrected chi connectivity index (χ4v) is 3.63. The molecule has 0 bridgehead atoms. The Morgan fingerprint density at radius 1 is 1.47 bits per heavy atom. The number of nitrogens with zero attached hydrogens (tertiary/aromatic N) is 1. The minimum Gasteiger partial charge on any atom is -0.373 e. The summed E-state index contributed by atoms with van der Waals surface area (Å²) in [5, 5.41) is 0. The molecular formula is C16H23NO2. The Labute approximate surface area is 115 Å². The maximum Gasteiger partial charge on any atom is 0.226 e. The zero-order valence-electron chi connectivity index (χ0n) is 12.3. The smallest absolute Gasteiger partial charge is 0.226 e. The van der Waals surface area contributed by atoms with Crippen molar-refractivity contribution in [1.29, 1.82) is 0 Å². The highest BCUT2D eigenvalue weighted by Gasteiger charge is 2.55. The average molecular weight is 261 g/mol. The van der Waals surface area contributed by atoms with E-state index in [0.717, 1.165) is 25.7 Å². The van der Waals surface area contributed by atoms with Gasteiger partial charge in [-0.15, -0.1) is 0 Å². The molecule has 0 aromatic rings. The van der Waals surface area contributed by atoms with Crippen LogP contribution in [0.3, 0.4) is 0 Å². The molecule has 1 saturated heterocycles. The molecule has 0 unspecified atom stereocenters. The van der Waals surface area contributed by atoms with Gasteiger partial charge < -0.3 is 9.53 Å². The Morgan fingerprint density at radius 2 is 2.16 bits per heavy atom. The van der Waals surface area contributed by atoms with E-state index in [1.165, 1.54) is 0 Å². The van der Waals surface area contributed by atoms with Gasteiger partial charge in [-0.2, -0.15) is 0 Å². The van der Waals surface area contributed by atoms with Crippen molar-refractivity contribution in [1.82, 2.24) is 0 Å². The van der Waals surface area contributed by atoms with E-state index in [4.69, 9.17) is 11.3 Å². The Bertz CT molecular complexity index is 458. The van der Waals surface area contributed by atoms with E-state index in [-0.39, 0.29) is 23.4 Å². The zero-order chi connectivity index (χ0) is 14.3. The standard InChI is InChI=1S/C16H23NO2/c1-6-11-8-9-16(7-2)10-12(17-5)13(18)15(3,4)14(16)19-11/h10-11,14H,6-9H2,1-4H3/t11-,14+,16+/m1/s1. The summed E-state index contributed by atoms with van der Waals surface area (Å²) in [7, 11) is 0. The lowest BCUT2D eigenvalue weighted by molar-refractivity contribution is -0.175. The number of hydrogen-bond acceptors (Lipinski definition) is 2. The molecule has 0 N–H and O–H groups in total. The van der Waals surface area contributed by atoms with Crippen LogP contribution in [0.2, 0.25) is 0 Å². The number of ketones is 1. The first-order chi connectivity index (χ1) is 8.91. The summed E-state index contributed by atoms with van der Waals surface area (Å²) in [6.45, 7) is 15.4. The fourth-order valence-electron chi connectivity index (χ4n) is 3.63. The molecular weight excluding hydrogens is 238 g/mol. The topological polar surface area (TPSA) is 30.7 Å². The molecule has 3 atom stereocenters. The quantitative estimate of drug-likeness (QED) is 0.709. The Kier molecular flexibility index (Phi) is 3.57. The summed E-state index contributed by atoms with van der Waals surface area (Å²) in [4.78, 5) is 15.9. The minimum atomic E-state index is -0.599. The Morgan fingerprint density at radius 3 is 2.68 bits per heavy atom. The molecule has 1 heterocycles. The second-order valence-corrected chi connectivity index (χ2v) is 6.36. The van der Waals surface area contributed by atoms with Crippen molar-refractivity contribution in [3.05, 3.63) is 23.2 Å². The van der Waals surface area contributed by atoms with Crippen LogP contribution in [-0.4, -0.2) is 18.0 Å². The van der Waals surface area contributed by atoms with Gasteiger partial charge in [0.1, 0.15) is 0 Å². The molecule has 0 aromatic carbocycles. The van der Waals surface area contributed by atoms with Gasteiger partial charge in [0.25, 0.3) is 0 Å². The van der Waals surface area contributed by atoms with Gasteiger partial charge in [-0.3, -0.25) is 0 Å². The highest BCUT2D eigenvalue weighted by molar-refractivity contribution is 6.02. The molecule has 1 fully saturated rings. The first-order valence-corrected chi connectivity index (χ1v) is 7.22. The van der Waals surface area contributed by atoms with E-state index < -0.39 is 5.41 Å². The largest absolute Gasteiger partial charge is 0.373 e. The predicted molar refractivity (Wildman–Crippen MR) is 74.4 cm³/mol. The minimum absolute atomic E-state index is 0.0617. The van der Waals surface area contributed by atoms with Crippen molar-refractivity contribution in [3.8, 4) is 0 Å². The number of Topliss-reactive ketones (excluding diaryl/α,β-unsaturated/α-hetero) is 1. The normalized spacial score (nSPS) is 37.2. The number of rotatable bonds is 2. The lowest BCUT2D eigenvalue weighted by Crippen LogP contribution is -2.56. The van der Waals surface area contributed by atoms with Crippen molar-refractivity contribution in [2.75, 3.05) is 0 Å². The fraction of sp³-hybridized carbons (Fsp3) is 0.750. The van der Waals surface area contributed by atoms with Crippen LogP contribution in [0.1, 0.15) is 53.4 Å². The monoisotopic (exact) mass is 261 g/mol. The number of carbonyl (C=O) groups excluding carboxylic acids is 1. The first-order valence-electron chi connectivity index (χ1n) is 7.22. The van der Waals surface area contributed by atoms with Crippen LogP contribution < -0.4 is 0 Å². The van der Waals surface area contributed by atoms with Gasteiger partial charge >= 0.3 is 0 Å². The molecule has 0 radical (unpaired) electrons. The lowest BCUT2D eigenvalue weighted by Gasteiger charge is -2.53. The van der Waals surface area contributed by atoms with Crippen molar-refractivity contribution in [2.45, 2.75) is 65.6 Å². The third kappa shape index (κ3) is 2.03. The molecule has 3 heteroatoms. The zero-order valence-corrected chi connectivity index (χ0v) is 12.3. The van der Waals surface area contributed by atoms with Gasteiger partial charge in [-0.25, -0.2) is 4.85 Å². The number of fused-ring (bicyclic) bond motifs is 1. The van der Waals surface area contributed by atoms with Gasteiger partial charge in [0, 0.05) is 10.8 Å². The molecule has 0 spiro atoms. The van der Waals surface area contributed by atoms with E-state index in [1.807, 2.05) is 19.9 Å². The molecule has 3 nitrogen and oxygen atoms in total. The maximum absolute atomic E-state index is 12.4. The van der Waals surface area contributed by atoms with E-state index in [9.17, 15) is 4.79 Å². The predicted octanol–water partition coefficient (Wildman–Crippen LogP) is 3.75. The molecule has 0 amide bonds. The van der Waals surface area contributed by atoms with E-state index >= 15 is 0 Å². The molecule has 0 aromatic heterocycles. The molecule has 1 aliphatic carbocycles. The number of hydrogen-bond donors (Lipinski definition) is 0. The van der Waals surface area contributed by atoms with Crippen LogP contribution in [0.15, 0.2) is 11.8 Å². The molecule has 104 valence electrons. The maximum atomic E-state index is 12.4. The number of ether oxygens (including phenoxy) is 1. The van der Waals surface area contributed by atoms with Gasteiger partial charge in [0.2, 0.25) is 5.70 Å². The summed E-state index contributed by atoms with van der Waals surface area (Å²) >= 11 is 0. The van der Waals surface area contributed by atoms with Crippen LogP contribution in [0.25, 0.3) is 4.85 Å². The van der Waals surface area contributed by atoms with Gasteiger partial charge in [-0.05, 0) is 25.7 Å². The lowest BCUT2D eigenvalue weighted by atomic mass is 9.59. The summed E-state index contributed by atoms with van der Waals surface area (Å²) < 4.78 is 6.24. The highest BCUT2D eigenvalue weighted by atomic mass is 16.5. The van der Waals surface area contributed by atoms with Crippen molar-refractivity contribution >= 4 is 5.78 Å². The van der Waals surface area contributed by atoms with Crippen molar-refractivity contribution < 1.29 is 9.53 Å². The van der Waals surface area contributed by atoms with Crippen molar-refractivity contribution in [3.63, 3.8) is 0 Å². The molecule has 2 rings (SSSR count). The summed E-state index contributed by atoms with van der Waals surface area (Å²) in [6.07, 6.45) is 6.00. The van der Waals surface area contributed by atoms with Crippen LogP contribution >= 0.6 is 0 Å². The van der Waals surface area contributed by atoms with Gasteiger partial charge in [-0.1, -0.05) is 33.8 Å². The molecule has 2 aliphatic rings. The Hall–Kier alpha value is -1.14. The van der Waals surface area contributed by atoms with Gasteiger partial charge in [0.05, 0.1) is 18.8 Å². The third-order valence-corrected chi connectivity index (χ3v) is 4.91. The number of carbonyl (C=O) groups is 1. The average Bonchev–Trinajstić information content (AvgIpc) is 2.42. The number of allylic oxidation sites excluding steroid dienone is 1. The summed E-state index contributed by atoms with van der Waals surface area (Å²) in [5.74, 6) is -0.0617. The van der Waals surface area contributed by atoms with Gasteiger partial charge in [0.15, 0.2) is 5.78 Å². The van der Waals surface area contributed by atoms with Crippen LogP contribution in [0, 0.1) is 17.4 Å². The second-order valence-electron chi connectivity index (χ2n) is 6.36. The van der Waals surface area contributed by atoms with E-state index in [2.05, 4.69) is 18.7 Å².